The lowest BCUT2D eigenvalue weighted by Crippen LogP contribution is -1.78. The topological polar surface area (TPSA) is 43.1 Å². The number of hydrogen-bond acceptors (Lipinski definition) is 2. The van der Waals surface area contributed by atoms with E-state index in [1.807, 2.05) is 0 Å². The summed E-state index contributed by atoms with van der Waals surface area (Å²) in [6.07, 6.45) is 0.806. The Balaban J connectivity index is 3.30. The molecule has 0 rings (SSSR count). The molecule has 0 aliphatic carbocycles. The van der Waals surface area contributed by atoms with Crippen LogP contribution in [0.4, 0.5) is 0 Å². The molecule has 0 aromatic carbocycles. The lowest BCUT2D eigenvalue weighted by Gasteiger charge is -1.68. The largest absolute Gasteiger partial charge is 0.259 e. The van der Waals surface area contributed by atoms with Crippen molar-refractivity contribution in [3.63, 3.8) is 0 Å². The summed E-state index contributed by atoms with van der Waals surface area (Å²) in [4.78, 5) is 9.93. The monoisotopic (exact) mass is 151 g/mol. The standard InChI is InChI=1S/C2H2BrNO2/c3-1-2-4(5)6/h1-2H. The number of rotatable bonds is 1. The number of nitrogens with zero attached hydrogens (tertiary/aromatic N) is 1. The number of hydrogen-bond donors (Lipinski definition) is 0. The van der Waals surface area contributed by atoms with E-state index in [2.05, 4.69) is 15.9 Å². The van der Waals surface area contributed by atoms with Crippen LogP contribution in [-0.2, 0) is 0 Å². The lowest BCUT2D eigenvalue weighted by molar-refractivity contribution is -0.402. The molecule has 0 saturated carbocycles. The Morgan fingerprint density at radius 2 is 2.33 bits per heavy atom. The van der Waals surface area contributed by atoms with E-state index in [9.17, 15) is 10.1 Å². The molecular formula is C2H2BrNO2. The zero-order valence-electron chi connectivity index (χ0n) is 2.80. The van der Waals surface area contributed by atoms with Gasteiger partial charge in [0.1, 0.15) is 0 Å². The van der Waals surface area contributed by atoms with Crippen LogP contribution >= 0.6 is 15.9 Å². The molecule has 0 heterocycles. The summed E-state index contributed by atoms with van der Waals surface area (Å²) in [6.45, 7) is 0. The molecule has 4 heteroatoms. The zero-order chi connectivity index (χ0) is 4.99. The van der Waals surface area contributed by atoms with Gasteiger partial charge in [0.15, 0.2) is 0 Å². The molecule has 0 amide bonds. The third kappa shape index (κ3) is 3.62. The Kier molecular flexibility index (Phi) is 2.66. The van der Waals surface area contributed by atoms with Gasteiger partial charge in [-0.2, -0.15) is 0 Å². The molecule has 0 spiro atoms. The Morgan fingerprint density at radius 3 is 2.33 bits per heavy atom. The molecule has 0 saturated heterocycles. The zero-order valence-corrected chi connectivity index (χ0v) is 4.38. The molecule has 0 aliphatic heterocycles. The van der Waals surface area contributed by atoms with E-state index in [1.54, 1.807) is 0 Å². The molecule has 0 aromatic heterocycles. The molecule has 0 radical (unpaired) electrons. The van der Waals surface area contributed by atoms with Gasteiger partial charge in [-0.15, -0.1) is 0 Å². The fourth-order valence-electron chi connectivity index (χ4n) is 0.0460. The average molecular weight is 152 g/mol. The van der Waals surface area contributed by atoms with Gasteiger partial charge >= 0.3 is 0 Å². The van der Waals surface area contributed by atoms with Crippen LogP contribution in [0.5, 0.6) is 0 Å². The van der Waals surface area contributed by atoms with Crippen molar-refractivity contribution in [2.24, 2.45) is 0 Å². The van der Waals surface area contributed by atoms with Crippen LogP contribution in [-0.4, -0.2) is 4.92 Å². The maximum Gasteiger partial charge on any atom is 0.241 e. The Bertz CT molecular complexity index is 79.6. The Labute approximate surface area is 42.9 Å². The normalized spacial score (nSPS) is 9.50. The molecule has 6 heavy (non-hydrogen) atoms. The van der Waals surface area contributed by atoms with E-state index in [0.717, 1.165) is 6.20 Å². The summed E-state index contributed by atoms with van der Waals surface area (Å²) in [5.74, 6) is 0. The first-order chi connectivity index (χ1) is 2.77. The van der Waals surface area contributed by atoms with Gasteiger partial charge < -0.3 is 0 Å². The van der Waals surface area contributed by atoms with Gasteiger partial charge in [-0.1, -0.05) is 15.9 Å². The minimum atomic E-state index is -0.547. The van der Waals surface area contributed by atoms with Crippen LogP contribution in [0.1, 0.15) is 0 Å². The highest BCUT2D eigenvalue weighted by Crippen LogP contribution is 1.80. The molecule has 34 valence electrons. The van der Waals surface area contributed by atoms with E-state index >= 15 is 0 Å². The summed E-state index contributed by atoms with van der Waals surface area (Å²) < 4.78 is 0. The van der Waals surface area contributed by atoms with Gasteiger partial charge in [0.05, 0.1) is 9.91 Å². The molecule has 0 aliphatic rings. The lowest BCUT2D eigenvalue weighted by atomic mass is 11.1. The van der Waals surface area contributed by atoms with Gasteiger partial charge in [0.25, 0.3) is 0 Å². The summed E-state index contributed by atoms with van der Waals surface area (Å²) in [5.41, 5.74) is 0. The van der Waals surface area contributed by atoms with Crippen molar-refractivity contribution < 1.29 is 4.92 Å². The van der Waals surface area contributed by atoms with Crippen LogP contribution in [0.2, 0.25) is 0 Å². The number of nitro groups is 1. The fraction of sp³-hybridized carbons (Fsp3) is 0. The SMILES string of the molecule is O=[N+]([O-])C=CBr. The van der Waals surface area contributed by atoms with Gasteiger partial charge in [0, 0.05) is 0 Å². The van der Waals surface area contributed by atoms with E-state index < -0.39 is 4.92 Å². The quantitative estimate of drug-likeness (QED) is 0.417. The summed E-state index contributed by atoms with van der Waals surface area (Å²) >= 11 is 2.73. The van der Waals surface area contributed by atoms with Crippen molar-refractivity contribution in [1.29, 1.82) is 0 Å². The Hall–Kier alpha value is -0.380. The van der Waals surface area contributed by atoms with Crippen molar-refractivity contribution in [1.82, 2.24) is 0 Å². The minimum absolute atomic E-state index is 0.547. The first-order valence-electron chi connectivity index (χ1n) is 1.17. The highest BCUT2D eigenvalue weighted by molar-refractivity contribution is 9.11. The Morgan fingerprint density at radius 1 is 1.83 bits per heavy atom. The van der Waals surface area contributed by atoms with Crippen molar-refractivity contribution >= 4 is 15.9 Å². The second kappa shape index (κ2) is 2.84. The predicted octanol–water partition coefficient (Wildman–Crippen LogP) is 1.13. The van der Waals surface area contributed by atoms with Crippen LogP contribution in [0.3, 0.4) is 0 Å². The minimum Gasteiger partial charge on any atom is -0.259 e. The second-order valence-electron chi connectivity index (χ2n) is 0.560. The third-order valence-corrected chi connectivity index (χ3v) is 0.414. The smallest absolute Gasteiger partial charge is 0.241 e. The van der Waals surface area contributed by atoms with E-state index in [0.29, 0.717) is 0 Å². The second-order valence-corrected chi connectivity index (χ2v) is 1.09. The summed E-state index contributed by atoms with van der Waals surface area (Å²) in [6, 6.07) is 0. The van der Waals surface area contributed by atoms with Gasteiger partial charge in [0.2, 0.25) is 6.20 Å². The molecule has 3 nitrogen and oxygen atoms in total. The van der Waals surface area contributed by atoms with Gasteiger partial charge in [-0.05, 0) is 0 Å². The molecule has 0 unspecified atom stereocenters. The molecule has 0 N–H and O–H groups in total. The number of halogens is 1. The van der Waals surface area contributed by atoms with Crippen molar-refractivity contribution in [2.75, 3.05) is 0 Å². The van der Waals surface area contributed by atoms with Crippen molar-refractivity contribution in [2.45, 2.75) is 0 Å². The molecule has 0 fully saturated rings. The summed E-state index contributed by atoms with van der Waals surface area (Å²) in [5, 5.41) is 9.29. The van der Waals surface area contributed by atoms with Crippen LogP contribution < -0.4 is 0 Å². The fourth-order valence-corrected chi connectivity index (χ4v) is 0.239. The van der Waals surface area contributed by atoms with Crippen LogP contribution in [0, 0.1) is 10.1 Å². The maximum absolute atomic E-state index is 9.29. The van der Waals surface area contributed by atoms with E-state index in [-0.39, 0.29) is 0 Å². The highest BCUT2D eigenvalue weighted by Gasteiger charge is 1.75. The molecule has 0 atom stereocenters. The van der Waals surface area contributed by atoms with E-state index in [4.69, 9.17) is 0 Å². The molecule has 0 bridgehead atoms. The van der Waals surface area contributed by atoms with Crippen LogP contribution in [0.25, 0.3) is 0 Å². The summed E-state index contributed by atoms with van der Waals surface area (Å²) in [7, 11) is 0. The van der Waals surface area contributed by atoms with Gasteiger partial charge in [-0.3, -0.25) is 10.1 Å². The first-order valence-corrected chi connectivity index (χ1v) is 2.09. The van der Waals surface area contributed by atoms with Crippen molar-refractivity contribution in [3.05, 3.63) is 21.3 Å². The average Bonchev–Trinajstić information content (AvgIpc) is 1.35. The maximum atomic E-state index is 9.29. The molecular weight excluding hydrogens is 150 g/mol. The van der Waals surface area contributed by atoms with Gasteiger partial charge in [-0.25, -0.2) is 0 Å². The van der Waals surface area contributed by atoms with E-state index in [1.165, 1.54) is 4.99 Å². The van der Waals surface area contributed by atoms with Crippen molar-refractivity contribution in [3.8, 4) is 0 Å². The highest BCUT2D eigenvalue weighted by atomic mass is 79.9. The first kappa shape index (κ1) is 5.62. The predicted molar refractivity (Wildman–Crippen MR) is 25.1 cm³/mol. The molecule has 0 aromatic rings. The van der Waals surface area contributed by atoms with Crippen LogP contribution in [0.15, 0.2) is 11.2 Å². The third-order valence-electron chi connectivity index (χ3n) is 0.178.